The number of benzene rings is 2. The zero-order valence-corrected chi connectivity index (χ0v) is 17.4. The fourth-order valence-corrected chi connectivity index (χ4v) is 3.44. The highest BCUT2D eigenvalue weighted by Gasteiger charge is 2.15. The number of piperazine rings is 1. The Hall–Kier alpha value is -2.57. The standard InChI is InChI=1S/C22H27ClN4O2/c1-26-12-14-27(15-13-26)19-8-6-17(7-9-19)10-11-24-21(28)22(29)25-16-18-4-2-3-5-20(18)23/h2-9H,10-16H2,1H3,(H,24,28)(H,25,29). The molecule has 0 spiro atoms. The van der Waals surface area contributed by atoms with E-state index in [1.165, 1.54) is 5.69 Å². The quantitative estimate of drug-likeness (QED) is 0.710. The minimum absolute atomic E-state index is 0.222. The fourth-order valence-electron chi connectivity index (χ4n) is 3.24. The predicted molar refractivity (Wildman–Crippen MR) is 116 cm³/mol. The summed E-state index contributed by atoms with van der Waals surface area (Å²) in [6.45, 7) is 4.86. The van der Waals surface area contributed by atoms with Gasteiger partial charge in [0.15, 0.2) is 0 Å². The summed E-state index contributed by atoms with van der Waals surface area (Å²) in [5.74, 6) is -1.29. The molecule has 2 aromatic rings. The van der Waals surface area contributed by atoms with Gasteiger partial charge < -0.3 is 20.4 Å². The van der Waals surface area contributed by atoms with E-state index in [1.807, 2.05) is 18.2 Å². The van der Waals surface area contributed by atoms with Crippen LogP contribution in [0.15, 0.2) is 48.5 Å². The molecule has 0 radical (unpaired) electrons. The van der Waals surface area contributed by atoms with Gasteiger partial charge in [-0.15, -0.1) is 0 Å². The molecule has 0 saturated carbocycles. The van der Waals surface area contributed by atoms with Crippen LogP contribution in [0.25, 0.3) is 0 Å². The smallest absolute Gasteiger partial charge is 0.309 e. The van der Waals surface area contributed by atoms with Gasteiger partial charge in [-0.3, -0.25) is 9.59 Å². The molecule has 1 aliphatic heterocycles. The molecule has 3 rings (SSSR count). The van der Waals surface area contributed by atoms with Crippen LogP contribution in [0.2, 0.25) is 5.02 Å². The Morgan fingerprint density at radius 1 is 0.931 bits per heavy atom. The minimum Gasteiger partial charge on any atom is -0.369 e. The molecule has 0 atom stereocenters. The van der Waals surface area contributed by atoms with Crippen molar-refractivity contribution in [1.29, 1.82) is 0 Å². The first kappa shape index (κ1) is 21.1. The Morgan fingerprint density at radius 2 is 1.59 bits per heavy atom. The summed E-state index contributed by atoms with van der Waals surface area (Å²) in [6, 6.07) is 15.6. The van der Waals surface area contributed by atoms with Crippen molar-refractivity contribution in [2.24, 2.45) is 0 Å². The zero-order valence-electron chi connectivity index (χ0n) is 16.7. The molecule has 0 bridgehead atoms. The molecule has 154 valence electrons. The summed E-state index contributed by atoms with van der Waals surface area (Å²) >= 11 is 6.05. The molecule has 2 amide bonds. The third-order valence-corrected chi connectivity index (χ3v) is 5.48. The highest BCUT2D eigenvalue weighted by atomic mass is 35.5. The van der Waals surface area contributed by atoms with Crippen LogP contribution in [-0.2, 0) is 22.6 Å². The van der Waals surface area contributed by atoms with Gasteiger partial charge >= 0.3 is 11.8 Å². The SMILES string of the molecule is CN1CCN(c2ccc(CCNC(=O)C(=O)NCc3ccccc3Cl)cc2)CC1. The first-order valence-electron chi connectivity index (χ1n) is 9.85. The van der Waals surface area contributed by atoms with E-state index in [1.54, 1.807) is 6.07 Å². The lowest BCUT2D eigenvalue weighted by atomic mass is 10.1. The fraction of sp³-hybridized carbons (Fsp3) is 0.364. The summed E-state index contributed by atoms with van der Waals surface area (Å²) < 4.78 is 0. The number of hydrogen-bond donors (Lipinski definition) is 2. The molecule has 0 aromatic heterocycles. The van der Waals surface area contributed by atoms with Crippen LogP contribution >= 0.6 is 11.6 Å². The number of hydrogen-bond acceptors (Lipinski definition) is 4. The molecule has 2 aromatic carbocycles. The van der Waals surface area contributed by atoms with Gasteiger partial charge in [0, 0.05) is 50.0 Å². The van der Waals surface area contributed by atoms with Crippen molar-refractivity contribution in [2.45, 2.75) is 13.0 Å². The van der Waals surface area contributed by atoms with E-state index in [-0.39, 0.29) is 6.54 Å². The first-order chi connectivity index (χ1) is 14.0. The summed E-state index contributed by atoms with van der Waals surface area (Å²) in [7, 11) is 2.14. The number of nitrogens with one attached hydrogen (secondary N) is 2. The van der Waals surface area contributed by atoms with Crippen molar-refractivity contribution < 1.29 is 9.59 Å². The molecule has 1 saturated heterocycles. The van der Waals surface area contributed by atoms with Gasteiger partial charge in [-0.2, -0.15) is 0 Å². The van der Waals surface area contributed by atoms with Crippen molar-refractivity contribution in [2.75, 3.05) is 44.7 Å². The monoisotopic (exact) mass is 414 g/mol. The molecule has 6 nitrogen and oxygen atoms in total. The van der Waals surface area contributed by atoms with Gasteiger partial charge in [0.1, 0.15) is 0 Å². The van der Waals surface area contributed by atoms with E-state index in [2.05, 4.69) is 51.7 Å². The molecule has 29 heavy (non-hydrogen) atoms. The highest BCUT2D eigenvalue weighted by Crippen LogP contribution is 2.17. The molecular formula is C22H27ClN4O2. The van der Waals surface area contributed by atoms with Crippen LogP contribution in [0.5, 0.6) is 0 Å². The molecular weight excluding hydrogens is 388 g/mol. The summed E-state index contributed by atoms with van der Waals surface area (Å²) in [6.07, 6.45) is 0.673. The van der Waals surface area contributed by atoms with E-state index in [0.29, 0.717) is 18.0 Å². The Kier molecular flexibility index (Phi) is 7.49. The number of amides is 2. The third kappa shape index (κ3) is 6.21. The van der Waals surface area contributed by atoms with Crippen molar-refractivity contribution >= 4 is 29.1 Å². The van der Waals surface area contributed by atoms with Crippen molar-refractivity contribution in [3.63, 3.8) is 0 Å². The van der Waals surface area contributed by atoms with E-state index >= 15 is 0 Å². The van der Waals surface area contributed by atoms with Crippen molar-refractivity contribution in [1.82, 2.24) is 15.5 Å². The lowest BCUT2D eigenvalue weighted by Crippen LogP contribution is -2.44. The number of carbonyl (C=O) groups excluding carboxylic acids is 2. The van der Waals surface area contributed by atoms with Gasteiger partial charge in [-0.05, 0) is 42.8 Å². The molecule has 1 aliphatic rings. The minimum atomic E-state index is -0.657. The second kappa shape index (κ2) is 10.3. The average Bonchev–Trinajstić information content (AvgIpc) is 2.74. The zero-order chi connectivity index (χ0) is 20.6. The summed E-state index contributed by atoms with van der Waals surface area (Å²) in [4.78, 5) is 28.6. The number of anilines is 1. The van der Waals surface area contributed by atoms with Crippen molar-refractivity contribution in [3.8, 4) is 0 Å². The van der Waals surface area contributed by atoms with Crippen molar-refractivity contribution in [3.05, 3.63) is 64.7 Å². The summed E-state index contributed by atoms with van der Waals surface area (Å²) in [5, 5.41) is 5.82. The van der Waals surface area contributed by atoms with Gasteiger partial charge in [0.05, 0.1) is 0 Å². The number of likely N-dealkylation sites (N-methyl/N-ethyl adjacent to an activating group) is 1. The molecule has 7 heteroatoms. The topological polar surface area (TPSA) is 64.7 Å². The van der Waals surface area contributed by atoms with Crippen LogP contribution < -0.4 is 15.5 Å². The number of halogens is 1. The van der Waals surface area contributed by atoms with Gasteiger partial charge in [0.2, 0.25) is 0 Å². The normalized spacial score (nSPS) is 14.5. The van der Waals surface area contributed by atoms with Crippen LogP contribution in [-0.4, -0.2) is 56.5 Å². The maximum Gasteiger partial charge on any atom is 0.309 e. The van der Waals surface area contributed by atoms with Crippen LogP contribution in [0.3, 0.4) is 0 Å². The van der Waals surface area contributed by atoms with E-state index in [9.17, 15) is 9.59 Å². The average molecular weight is 415 g/mol. The van der Waals surface area contributed by atoms with Crippen LogP contribution in [0.1, 0.15) is 11.1 Å². The van der Waals surface area contributed by atoms with E-state index in [0.717, 1.165) is 37.3 Å². The second-order valence-corrected chi connectivity index (χ2v) is 7.64. The third-order valence-electron chi connectivity index (χ3n) is 5.11. The van der Waals surface area contributed by atoms with Gasteiger partial charge in [-0.25, -0.2) is 0 Å². The molecule has 2 N–H and O–H groups in total. The molecule has 0 aliphatic carbocycles. The highest BCUT2D eigenvalue weighted by molar-refractivity contribution is 6.35. The lowest BCUT2D eigenvalue weighted by molar-refractivity contribution is -0.139. The Labute approximate surface area is 176 Å². The summed E-state index contributed by atoms with van der Waals surface area (Å²) in [5.41, 5.74) is 3.13. The van der Waals surface area contributed by atoms with Crippen LogP contribution in [0.4, 0.5) is 5.69 Å². The van der Waals surface area contributed by atoms with Gasteiger partial charge in [-0.1, -0.05) is 41.9 Å². The molecule has 1 heterocycles. The maximum absolute atomic E-state index is 12.0. The van der Waals surface area contributed by atoms with E-state index < -0.39 is 11.8 Å². The Balaban J connectivity index is 1.39. The molecule has 1 fully saturated rings. The maximum atomic E-state index is 12.0. The number of carbonyl (C=O) groups is 2. The van der Waals surface area contributed by atoms with Gasteiger partial charge in [0.25, 0.3) is 0 Å². The first-order valence-corrected chi connectivity index (χ1v) is 10.2. The molecule has 0 unspecified atom stereocenters. The Morgan fingerprint density at radius 3 is 2.28 bits per heavy atom. The number of nitrogens with zero attached hydrogens (tertiary/aromatic N) is 2. The van der Waals surface area contributed by atoms with Crippen LogP contribution in [0, 0.1) is 0 Å². The largest absolute Gasteiger partial charge is 0.369 e. The lowest BCUT2D eigenvalue weighted by Gasteiger charge is -2.34. The Bertz CT molecular complexity index is 833. The predicted octanol–water partition coefficient (Wildman–Crippen LogP) is 2.07. The second-order valence-electron chi connectivity index (χ2n) is 7.24. The number of rotatable bonds is 6. The van der Waals surface area contributed by atoms with E-state index in [4.69, 9.17) is 11.6 Å².